The van der Waals surface area contributed by atoms with Gasteiger partial charge in [-0.25, -0.2) is 4.79 Å². The molecule has 0 saturated heterocycles. The molecule has 0 aromatic heterocycles. The van der Waals surface area contributed by atoms with E-state index in [0.29, 0.717) is 18.8 Å². The second-order valence-electron chi connectivity index (χ2n) is 6.04. The molecule has 1 aromatic carbocycles. The number of hydrogen-bond donors (Lipinski definition) is 0. The molecule has 0 aliphatic carbocycles. The third kappa shape index (κ3) is 8.18. The molecular weight excluding hydrogens is 276 g/mol. The lowest BCUT2D eigenvalue weighted by molar-refractivity contribution is 0.0312. The molecule has 0 heterocycles. The van der Waals surface area contributed by atoms with Crippen molar-refractivity contribution in [1.82, 2.24) is 0 Å². The van der Waals surface area contributed by atoms with Crippen molar-refractivity contribution >= 4 is 5.97 Å². The van der Waals surface area contributed by atoms with Gasteiger partial charge < -0.3 is 9.47 Å². The second-order valence-corrected chi connectivity index (χ2v) is 6.04. The van der Waals surface area contributed by atoms with Crippen LogP contribution < -0.4 is 0 Å². The Morgan fingerprint density at radius 2 is 1.73 bits per heavy atom. The maximum absolute atomic E-state index is 11.8. The van der Waals surface area contributed by atoms with Gasteiger partial charge in [-0.05, 0) is 36.5 Å². The first-order chi connectivity index (χ1) is 10.6. The molecule has 0 radical (unpaired) electrons. The molecule has 0 amide bonds. The van der Waals surface area contributed by atoms with Gasteiger partial charge in [-0.2, -0.15) is 0 Å². The standard InChI is InChI=1S/C19H30O3/c1-4-17-9-11-18(12-10-17)19(20)22-15-14-21-13-7-5-6-8-16(2)3/h9-12,16H,4-8,13-15H2,1-3H3. The molecule has 0 unspecified atom stereocenters. The van der Waals surface area contributed by atoms with E-state index in [1.54, 1.807) is 0 Å². The summed E-state index contributed by atoms with van der Waals surface area (Å²) in [7, 11) is 0. The molecule has 124 valence electrons. The molecule has 0 atom stereocenters. The zero-order valence-electron chi connectivity index (χ0n) is 14.3. The van der Waals surface area contributed by atoms with Gasteiger partial charge in [0.1, 0.15) is 6.61 Å². The summed E-state index contributed by atoms with van der Waals surface area (Å²) in [5.74, 6) is 0.509. The van der Waals surface area contributed by atoms with Crippen LogP contribution in [0.4, 0.5) is 0 Å². The maximum atomic E-state index is 11.8. The van der Waals surface area contributed by atoms with Crippen LogP contribution in [-0.4, -0.2) is 25.8 Å². The van der Waals surface area contributed by atoms with Crippen molar-refractivity contribution in [2.24, 2.45) is 5.92 Å². The highest BCUT2D eigenvalue weighted by Crippen LogP contribution is 2.08. The molecular formula is C19H30O3. The van der Waals surface area contributed by atoms with Gasteiger partial charge in [0.15, 0.2) is 0 Å². The van der Waals surface area contributed by atoms with Crippen LogP contribution in [0.3, 0.4) is 0 Å². The Balaban J connectivity index is 2.03. The van der Waals surface area contributed by atoms with Crippen LogP contribution in [-0.2, 0) is 15.9 Å². The van der Waals surface area contributed by atoms with Crippen LogP contribution in [0.2, 0.25) is 0 Å². The van der Waals surface area contributed by atoms with E-state index in [9.17, 15) is 4.79 Å². The summed E-state index contributed by atoms with van der Waals surface area (Å²) in [6, 6.07) is 7.56. The van der Waals surface area contributed by atoms with Crippen LogP contribution in [0.15, 0.2) is 24.3 Å². The van der Waals surface area contributed by atoms with Crippen molar-refractivity contribution in [3.05, 3.63) is 35.4 Å². The third-order valence-electron chi connectivity index (χ3n) is 3.63. The number of aryl methyl sites for hydroxylation is 1. The molecule has 0 N–H and O–H groups in total. The van der Waals surface area contributed by atoms with E-state index < -0.39 is 0 Å². The number of ether oxygens (including phenoxy) is 2. The van der Waals surface area contributed by atoms with Crippen LogP contribution in [0, 0.1) is 5.92 Å². The highest BCUT2D eigenvalue weighted by molar-refractivity contribution is 5.89. The van der Waals surface area contributed by atoms with Crippen molar-refractivity contribution in [2.45, 2.75) is 52.9 Å². The molecule has 0 saturated carbocycles. The lowest BCUT2D eigenvalue weighted by atomic mass is 10.1. The molecule has 3 nitrogen and oxygen atoms in total. The van der Waals surface area contributed by atoms with Crippen LogP contribution in [0.5, 0.6) is 0 Å². The van der Waals surface area contributed by atoms with Crippen molar-refractivity contribution < 1.29 is 14.3 Å². The number of carbonyl (C=O) groups excluding carboxylic acids is 1. The third-order valence-corrected chi connectivity index (χ3v) is 3.63. The topological polar surface area (TPSA) is 35.5 Å². The van der Waals surface area contributed by atoms with Gasteiger partial charge in [-0.1, -0.05) is 52.2 Å². The molecule has 0 bridgehead atoms. The van der Waals surface area contributed by atoms with Crippen LogP contribution >= 0.6 is 0 Å². The van der Waals surface area contributed by atoms with E-state index in [-0.39, 0.29) is 5.97 Å². The molecule has 0 aliphatic rings. The van der Waals surface area contributed by atoms with Gasteiger partial charge in [0.25, 0.3) is 0 Å². The summed E-state index contributed by atoms with van der Waals surface area (Å²) in [4.78, 5) is 11.8. The minimum absolute atomic E-state index is 0.275. The minimum atomic E-state index is -0.275. The van der Waals surface area contributed by atoms with Gasteiger partial charge in [0.05, 0.1) is 12.2 Å². The Hall–Kier alpha value is -1.35. The molecule has 1 aromatic rings. The second kappa shape index (κ2) is 11.2. The molecule has 0 aliphatic heterocycles. The molecule has 1 rings (SSSR count). The minimum Gasteiger partial charge on any atom is -0.460 e. The predicted octanol–water partition coefficient (Wildman–Crippen LogP) is 4.64. The molecule has 0 spiro atoms. The average Bonchev–Trinajstić information content (AvgIpc) is 2.53. The Morgan fingerprint density at radius 1 is 1.00 bits per heavy atom. The Bertz CT molecular complexity index is 409. The number of unbranched alkanes of at least 4 members (excludes halogenated alkanes) is 2. The van der Waals surface area contributed by atoms with Gasteiger partial charge in [0, 0.05) is 6.61 Å². The number of hydrogen-bond acceptors (Lipinski definition) is 3. The van der Waals surface area contributed by atoms with E-state index in [0.717, 1.165) is 25.4 Å². The average molecular weight is 306 g/mol. The summed E-state index contributed by atoms with van der Waals surface area (Å²) < 4.78 is 10.7. The highest BCUT2D eigenvalue weighted by atomic mass is 16.6. The maximum Gasteiger partial charge on any atom is 0.338 e. The van der Waals surface area contributed by atoms with E-state index in [1.165, 1.54) is 24.8 Å². The van der Waals surface area contributed by atoms with Crippen LogP contribution in [0.25, 0.3) is 0 Å². The summed E-state index contributed by atoms with van der Waals surface area (Å²) >= 11 is 0. The molecule has 22 heavy (non-hydrogen) atoms. The highest BCUT2D eigenvalue weighted by Gasteiger charge is 2.06. The van der Waals surface area contributed by atoms with Crippen LogP contribution in [0.1, 0.15) is 62.4 Å². The normalized spacial score (nSPS) is 10.9. The first kappa shape index (κ1) is 18.7. The SMILES string of the molecule is CCc1ccc(C(=O)OCCOCCCCCC(C)C)cc1. The molecule has 3 heteroatoms. The lowest BCUT2D eigenvalue weighted by Gasteiger charge is -2.07. The first-order valence-electron chi connectivity index (χ1n) is 8.47. The van der Waals surface area contributed by atoms with Crippen molar-refractivity contribution in [1.29, 1.82) is 0 Å². The lowest BCUT2D eigenvalue weighted by Crippen LogP contribution is -2.11. The monoisotopic (exact) mass is 306 g/mol. The molecule has 0 fully saturated rings. The largest absolute Gasteiger partial charge is 0.460 e. The Morgan fingerprint density at radius 3 is 2.36 bits per heavy atom. The zero-order valence-corrected chi connectivity index (χ0v) is 14.3. The first-order valence-corrected chi connectivity index (χ1v) is 8.47. The fourth-order valence-electron chi connectivity index (χ4n) is 2.19. The Labute approximate surface area is 135 Å². The van der Waals surface area contributed by atoms with E-state index in [2.05, 4.69) is 20.8 Å². The van der Waals surface area contributed by atoms with Crippen molar-refractivity contribution in [2.75, 3.05) is 19.8 Å². The quantitative estimate of drug-likeness (QED) is 0.441. The van der Waals surface area contributed by atoms with Crippen molar-refractivity contribution in [3.63, 3.8) is 0 Å². The Kier molecular flexibility index (Phi) is 9.56. The van der Waals surface area contributed by atoms with E-state index >= 15 is 0 Å². The fraction of sp³-hybridized carbons (Fsp3) is 0.632. The fourth-order valence-corrected chi connectivity index (χ4v) is 2.19. The van der Waals surface area contributed by atoms with Gasteiger partial charge >= 0.3 is 5.97 Å². The summed E-state index contributed by atoms with van der Waals surface area (Å²) in [5.41, 5.74) is 1.82. The number of rotatable bonds is 11. The van der Waals surface area contributed by atoms with E-state index in [1.807, 2.05) is 24.3 Å². The van der Waals surface area contributed by atoms with Crippen molar-refractivity contribution in [3.8, 4) is 0 Å². The number of esters is 1. The summed E-state index contributed by atoms with van der Waals surface area (Å²) in [6.07, 6.45) is 5.82. The van der Waals surface area contributed by atoms with Gasteiger partial charge in [-0.15, -0.1) is 0 Å². The van der Waals surface area contributed by atoms with E-state index in [4.69, 9.17) is 9.47 Å². The number of carbonyl (C=O) groups is 1. The van der Waals surface area contributed by atoms with Gasteiger partial charge in [0.2, 0.25) is 0 Å². The smallest absolute Gasteiger partial charge is 0.338 e. The summed E-state index contributed by atoms with van der Waals surface area (Å²) in [6.45, 7) is 8.14. The zero-order chi connectivity index (χ0) is 16.2. The number of benzene rings is 1. The summed E-state index contributed by atoms with van der Waals surface area (Å²) in [5, 5.41) is 0. The van der Waals surface area contributed by atoms with Gasteiger partial charge in [-0.3, -0.25) is 0 Å². The predicted molar refractivity (Wildman–Crippen MR) is 90.2 cm³/mol.